The molecule has 0 radical (unpaired) electrons. The zero-order valence-electron chi connectivity index (χ0n) is 17.5. The van der Waals surface area contributed by atoms with Crippen molar-refractivity contribution in [3.8, 4) is 5.75 Å². The van der Waals surface area contributed by atoms with Crippen LogP contribution in [0.2, 0.25) is 0 Å². The predicted molar refractivity (Wildman–Crippen MR) is 120 cm³/mol. The van der Waals surface area contributed by atoms with E-state index in [4.69, 9.17) is 9.47 Å². The molecule has 1 aliphatic carbocycles. The van der Waals surface area contributed by atoms with E-state index >= 15 is 0 Å². The number of ether oxygens (including phenoxy) is 2. The number of anilines is 1. The van der Waals surface area contributed by atoms with Crippen LogP contribution in [0, 0.1) is 0 Å². The normalized spacial score (nSPS) is 20.8. The molecule has 1 unspecified atom stereocenters. The van der Waals surface area contributed by atoms with Crippen molar-refractivity contribution >= 4 is 17.8 Å². The van der Waals surface area contributed by atoms with Gasteiger partial charge < -0.3 is 20.1 Å². The third-order valence-corrected chi connectivity index (χ3v) is 5.67. The van der Waals surface area contributed by atoms with Gasteiger partial charge in [-0.25, -0.2) is 4.79 Å². The number of carbonyl (C=O) groups is 1. The fourth-order valence-electron chi connectivity index (χ4n) is 4.02. The first kappa shape index (κ1) is 20.5. The number of amides is 2. The molecule has 1 atom stereocenters. The molecule has 1 fully saturated rings. The summed E-state index contributed by atoms with van der Waals surface area (Å²) in [5.74, 6) is 0.793. The minimum Gasteiger partial charge on any atom is -0.480 e. The second-order valence-electron chi connectivity index (χ2n) is 8.41. The van der Waals surface area contributed by atoms with E-state index in [0.29, 0.717) is 13.2 Å². The first-order valence-corrected chi connectivity index (χ1v) is 10.8. The minimum absolute atomic E-state index is 0.137. The number of benzene rings is 2. The van der Waals surface area contributed by atoms with Crippen molar-refractivity contribution < 1.29 is 14.3 Å². The Morgan fingerprint density at radius 3 is 2.73 bits per heavy atom. The minimum atomic E-state index is -0.519. The molecule has 0 aromatic heterocycles. The Morgan fingerprint density at radius 2 is 1.93 bits per heavy atom. The first-order chi connectivity index (χ1) is 14.6. The van der Waals surface area contributed by atoms with Crippen LogP contribution in [-0.4, -0.2) is 24.3 Å². The second-order valence-corrected chi connectivity index (χ2v) is 8.41. The largest absolute Gasteiger partial charge is 0.480 e. The predicted octanol–water partition coefficient (Wildman–Crippen LogP) is 5.52. The van der Waals surface area contributed by atoms with Gasteiger partial charge in [-0.3, -0.25) is 0 Å². The van der Waals surface area contributed by atoms with Crippen LogP contribution in [-0.2, 0) is 11.3 Å². The lowest BCUT2D eigenvalue weighted by atomic mass is 9.96. The molecule has 2 aromatic rings. The van der Waals surface area contributed by atoms with Crippen molar-refractivity contribution in [2.24, 2.45) is 0 Å². The molecular weight excluding hydrogens is 376 g/mol. The Kier molecular flexibility index (Phi) is 6.38. The zero-order valence-corrected chi connectivity index (χ0v) is 17.5. The monoisotopic (exact) mass is 406 g/mol. The van der Waals surface area contributed by atoms with E-state index in [1.165, 1.54) is 19.3 Å². The van der Waals surface area contributed by atoms with Crippen LogP contribution >= 0.6 is 0 Å². The number of hydrogen-bond acceptors (Lipinski definition) is 3. The van der Waals surface area contributed by atoms with Crippen LogP contribution in [0.15, 0.2) is 54.6 Å². The number of fused-ring (bicyclic) bond motifs is 1. The number of urea groups is 1. The van der Waals surface area contributed by atoms with Crippen LogP contribution in [0.1, 0.15) is 50.2 Å². The Labute approximate surface area is 178 Å². The van der Waals surface area contributed by atoms with Gasteiger partial charge in [0.05, 0.1) is 13.2 Å². The molecular formula is C25H30N2O3. The van der Waals surface area contributed by atoms with Gasteiger partial charge in [0.1, 0.15) is 11.4 Å². The SMILES string of the molecule is CC1(COCc2ccccc2)C=Cc2cc(NC(=O)NC3CCCCC3)ccc2O1. The van der Waals surface area contributed by atoms with E-state index in [1.54, 1.807) is 0 Å². The maximum absolute atomic E-state index is 12.3. The molecule has 1 saturated carbocycles. The highest BCUT2D eigenvalue weighted by molar-refractivity contribution is 5.90. The molecule has 0 bridgehead atoms. The van der Waals surface area contributed by atoms with E-state index in [9.17, 15) is 4.79 Å². The molecule has 2 aromatic carbocycles. The fourth-order valence-corrected chi connectivity index (χ4v) is 4.02. The number of rotatable bonds is 6. The lowest BCUT2D eigenvalue weighted by molar-refractivity contribution is 0.00632. The molecule has 0 spiro atoms. The van der Waals surface area contributed by atoms with Crippen LogP contribution in [0.5, 0.6) is 5.75 Å². The quantitative estimate of drug-likeness (QED) is 0.664. The van der Waals surface area contributed by atoms with E-state index in [0.717, 1.165) is 35.4 Å². The van der Waals surface area contributed by atoms with Crippen molar-refractivity contribution in [3.63, 3.8) is 0 Å². The molecule has 4 rings (SSSR count). The van der Waals surface area contributed by atoms with E-state index < -0.39 is 5.60 Å². The molecule has 0 saturated heterocycles. The van der Waals surface area contributed by atoms with Gasteiger partial charge in [-0.1, -0.05) is 55.7 Å². The smallest absolute Gasteiger partial charge is 0.319 e. The van der Waals surface area contributed by atoms with Crippen molar-refractivity contribution in [3.05, 3.63) is 65.7 Å². The molecule has 158 valence electrons. The molecule has 2 N–H and O–H groups in total. The Hall–Kier alpha value is -2.79. The molecule has 5 heteroatoms. The van der Waals surface area contributed by atoms with Gasteiger partial charge in [0.15, 0.2) is 0 Å². The van der Waals surface area contributed by atoms with Gasteiger partial charge in [-0.2, -0.15) is 0 Å². The van der Waals surface area contributed by atoms with E-state index in [2.05, 4.69) is 10.6 Å². The second kappa shape index (κ2) is 9.35. The Bertz CT molecular complexity index is 891. The molecule has 30 heavy (non-hydrogen) atoms. The molecule has 2 aliphatic rings. The van der Waals surface area contributed by atoms with E-state index in [-0.39, 0.29) is 12.1 Å². The summed E-state index contributed by atoms with van der Waals surface area (Å²) in [6.07, 6.45) is 9.85. The maximum Gasteiger partial charge on any atom is 0.319 e. The summed E-state index contributed by atoms with van der Waals surface area (Å²) in [4.78, 5) is 12.3. The average Bonchev–Trinajstić information content (AvgIpc) is 2.75. The third-order valence-electron chi connectivity index (χ3n) is 5.67. The van der Waals surface area contributed by atoms with Gasteiger partial charge in [-0.15, -0.1) is 0 Å². The summed E-state index contributed by atoms with van der Waals surface area (Å²) in [5.41, 5.74) is 2.34. The molecule has 1 heterocycles. The van der Waals surface area contributed by atoms with Crippen LogP contribution in [0.25, 0.3) is 6.08 Å². The molecule has 1 aliphatic heterocycles. The van der Waals surface area contributed by atoms with E-state index in [1.807, 2.05) is 67.6 Å². The maximum atomic E-state index is 12.3. The molecule has 2 amide bonds. The summed E-state index contributed by atoms with van der Waals surface area (Å²) in [6.45, 7) is 3.03. The first-order valence-electron chi connectivity index (χ1n) is 10.8. The number of carbonyl (C=O) groups excluding carboxylic acids is 1. The Morgan fingerprint density at radius 1 is 1.13 bits per heavy atom. The summed E-state index contributed by atoms with van der Waals surface area (Å²) in [6, 6.07) is 16.0. The third kappa shape index (κ3) is 5.42. The molecule has 5 nitrogen and oxygen atoms in total. The van der Waals surface area contributed by atoms with Gasteiger partial charge in [-0.05, 0) is 49.6 Å². The highest BCUT2D eigenvalue weighted by Gasteiger charge is 2.28. The lowest BCUT2D eigenvalue weighted by Crippen LogP contribution is -2.39. The highest BCUT2D eigenvalue weighted by atomic mass is 16.5. The summed E-state index contributed by atoms with van der Waals surface area (Å²) < 4.78 is 12.1. The van der Waals surface area contributed by atoms with Crippen molar-refractivity contribution in [1.29, 1.82) is 0 Å². The van der Waals surface area contributed by atoms with Crippen molar-refractivity contribution in [2.45, 2.75) is 57.3 Å². The fraction of sp³-hybridized carbons (Fsp3) is 0.400. The Balaban J connectivity index is 1.31. The van der Waals surface area contributed by atoms with Crippen LogP contribution < -0.4 is 15.4 Å². The number of nitrogens with one attached hydrogen (secondary N) is 2. The van der Waals surface area contributed by atoms with Crippen LogP contribution in [0.3, 0.4) is 0 Å². The summed E-state index contributed by atoms with van der Waals surface area (Å²) >= 11 is 0. The van der Waals surface area contributed by atoms with Gasteiger partial charge in [0.25, 0.3) is 0 Å². The van der Waals surface area contributed by atoms with Crippen molar-refractivity contribution in [1.82, 2.24) is 5.32 Å². The topological polar surface area (TPSA) is 59.6 Å². The highest BCUT2D eigenvalue weighted by Crippen LogP contribution is 2.33. The zero-order chi connectivity index (χ0) is 20.8. The summed E-state index contributed by atoms with van der Waals surface area (Å²) in [5, 5.41) is 6.03. The van der Waals surface area contributed by atoms with Gasteiger partial charge in [0.2, 0.25) is 0 Å². The summed E-state index contributed by atoms with van der Waals surface area (Å²) in [7, 11) is 0. The standard InChI is InChI=1S/C25H30N2O3/c1-25(18-29-17-19-8-4-2-5-9-19)15-14-20-16-22(12-13-23(20)30-25)27-24(28)26-21-10-6-3-7-11-21/h2,4-5,8-9,12-16,21H,3,6-7,10-11,17-18H2,1H3,(H2,26,27,28). The average molecular weight is 407 g/mol. The van der Waals surface area contributed by atoms with Crippen LogP contribution in [0.4, 0.5) is 10.5 Å². The van der Waals surface area contributed by atoms with Crippen molar-refractivity contribution in [2.75, 3.05) is 11.9 Å². The van der Waals surface area contributed by atoms with Gasteiger partial charge >= 0.3 is 6.03 Å². The van der Waals surface area contributed by atoms with Gasteiger partial charge in [0, 0.05) is 17.3 Å². The lowest BCUT2D eigenvalue weighted by Gasteiger charge is -2.31. The number of hydrogen-bond donors (Lipinski definition) is 2.